The zero-order chi connectivity index (χ0) is 21.1. The van der Waals surface area contributed by atoms with E-state index in [-0.39, 0.29) is 17.2 Å². The first-order chi connectivity index (χ1) is 14.5. The van der Waals surface area contributed by atoms with E-state index < -0.39 is 0 Å². The average Bonchev–Trinajstić information content (AvgIpc) is 3.40. The first-order valence-corrected chi connectivity index (χ1v) is 10.9. The number of rotatable bonds is 6. The molecule has 1 aliphatic heterocycles. The highest BCUT2D eigenvalue weighted by Crippen LogP contribution is 2.39. The highest BCUT2D eigenvalue weighted by atomic mass is 32.2. The van der Waals surface area contributed by atoms with Crippen molar-refractivity contribution in [3.05, 3.63) is 94.9 Å². The predicted molar refractivity (Wildman–Crippen MR) is 118 cm³/mol. The quantitative estimate of drug-likeness (QED) is 0.583. The van der Waals surface area contributed by atoms with Crippen molar-refractivity contribution in [1.29, 1.82) is 0 Å². The Balaban J connectivity index is 1.44. The Morgan fingerprint density at radius 1 is 1.13 bits per heavy atom. The average molecular weight is 421 g/mol. The van der Waals surface area contributed by atoms with Gasteiger partial charge in [-0.15, -0.1) is 11.8 Å². The van der Waals surface area contributed by atoms with Crippen LogP contribution in [0.2, 0.25) is 0 Å². The summed E-state index contributed by atoms with van der Waals surface area (Å²) in [6.45, 7) is 3.06. The summed E-state index contributed by atoms with van der Waals surface area (Å²) in [7, 11) is 1.81. The van der Waals surface area contributed by atoms with Crippen molar-refractivity contribution in [2.24, 2.45) is 0 Å². The molecule has 1 aromatic heterocycles. The molecule has 0 radical (unpaired) electrons. The number of hydrogen-bond acceptors (Lipinski definition) is 4. The van der Waals surface area contributed by atoms with E-state index in [9.17, 15) is 9.59 Å². The highest BCUT2D eigenvalue weighted by Gasteiger charge is 2.33. The number of carbonyl (C=O) groups excluding carboxylic acids is 2. The molecule has 0 spiro atoms. The first-order valence-electron chi connectivity index (χ1n) is 9.85. The Morgan fingerprint density at radius 2 is 1.87 bits per heavy atom. The van der Waals surface area contributed by atoms with Crippen molar-refractivity contribution in [2.45, 2.75) is 25.4 Å². The number of furan rings is 1. The summed E-state index contributed by atoms with van der Waals surface area (Å²) in [6, 6.07) is 19.5. The van der Waals surface area contributed by atoms with Gasteiger partial charge in [0.25, 0.3) is 5.91 Å². The molecule has 0 aliphatic carbocycles. The number of thioether (sulfide) groups is 1. The summed E-state index contributed by atoms with van der Waals surface area (Å²) in [5.41, 5.74) is 3.95. The molecule has 0 N–H and O–H groups in total. The van der Waals surface area contributed by atoms with Crippen molar-refractivity contribution in [2.75, 3.05) is 12.8 Å². The number of benzene rings is 2. The molecule has 3 aromatic rings. The van der Waals surface area contributed by atoms with Gasteiger partial charge >= 0.3 is 0 Å². The Kier molecular flexibility index (Phi) is 5.95. The van der Waals surface area contributed by atoms with Crippen LogP contribution in [0.1, 0.15) is 38.2 Å². The maximum absolute atomic E-state index is 12.8. The van der Waals surface area contributed by atoms with E-state index >= 15 is 0 Å². The van der Waals surface area contributed by atoms with Gasteiger partial charge in [0, 0.05) is 19.2 Å². The van der Waals surface area contributed by atoms with Crippen LogP contribution >= 0.6 is 11.8 Å². The molecule has 0 saturated carbocycles. The summed E-state index contributed by atoms with van der Waals surface area (Å²) < 4.78 is 5.41. The van der Waals surface area contributed by atoms with E-state index in [2.05, 4.69) is 12.1 Å². The fourth-order valence-corrected chi connectivity index (χ4v) is 4.71. The van der Waals surface area contributed by atoms with Crippen LogP contribution in [0.25, 0.3) is 0 Å². The van der Waals surface area contributed by atoms with Crippen LogP contribution in [0.5, 0.6) is 0 Å². The molecule has 1 saturated heterocycles. The van der Waals surface area contributed by atoms with E-state index in [0.29, 0.717) is 24.4 Å². The minimum atomic E-state index is -0.0722. The second-order valence-corrected chi connectivity index (χ2v) is 8.60. The van der Waals surface area contributed by atoms with Crippen LogP contribution in [-0.2, 0) is 17.9 Å². The van der Waals surface area contributed by atoms with Gasteiger partial charge in [0.15, 0.2) is 0 Å². The fraction of sp³-hybridized carbons (Fsp3) is 0.250. The van der Waals surface area contributed by atoms with Gasteiger partial charge in [-0.05, 0) is 42.3 Å². The molecule has 2 aromatic carbocycles. The minimum absolute atomic E-state index is 0.0234. The summed E-state index contributed by atoms with van der Waals surface area (Å²) in [4.78, 5) is 28.7. The second-order valence-electron chi connectivity index (χ2n) is 7.53. The van der Waals surface area contributed by atoms with Crippen molar-refractivity contribution in [1.82, 2.24) is 9.80 Å². The smallest absolute Gasteiger partial charge is 0.253 e. The van der Waals surface area contributed by atoms with E-state index in [0.717, 1.165) is 16.9 Å². The lowest BCUT2D eigenvalue weighted by Gasteiger charge is -2.23. The van der Waals surface area contributed by atoms with Gasteiger partial charge in [-0.1, -0.05) is 42.0 Å². The second kappa shape index (κ2) is 8.79. The molecular formula is C24H24N2O3S. The molecule has 1 atom stereocenters. The molecule has 2 heterocycles. The molecule has 1 aliphatic rings. The molecule has 0 bridgehead atoms. The molecule has 4 rings (SSSR count). The molecule has 0 unspecified atom stereocenters. The molecular weight excluding hydrogens is 396 g/mol. The van der Waals surface area contributed by atoms with Gasteiger partial charge < -0.3 is 14.2 Å². The van der Waals surface area contributed by atoms with Gasteiger partial charge in [0.1, 0.15) is 11.1 Å². The van der Waals surface area contributed by atoms with Gasteiger partial charge in [-0.25, -0.2) is 0 Å². The number of hydrogen-bond donors (Lipinski definition) is 0. The molecule has 1 fully saturated rings. The lowest BCUT2D eigenvalue weighted by atomic mass is 10.1. The van der Waals surface area contributed by atoms with Crippen LogP contribution in [0.3, 0.4) is 0 Å². The lowest BCUT2D eigenvalue weighted by Crippen LogP contribution is -2.28. The molecule has 30 heavy (non-hydrogen) atoms. The summed E-state index contributed by atoms with van der Waals surface area (Å²) in [5.74, 6) is 1.29. The number of carbonyl (C=O) groups is 2. The summed E-state index contributed by atoms with van der Waals surface area (Å²) in [5, 5.41) is -0.0722. The van der Waals surface area contributed by atoms with Crippen LogP contribution in [0, 0.1) is 6.92 Å². The molecule has 5 nitrogen and oxygen atoms in total. The van der Waals surface area contributed by atoms with Crippen LogP contribution in [0.15, 0.2) is 71.3 Å². The van der Waals surface area contributed by atoms with Crippen LogP contribution in [0.4, 0.5) is 0 Å². The number of aryl methyl sites for hydroxylation is 1. The Morgan fingerprint density at radius 3 is 2.53 bits per heavy atom. The van der Waals surface area contributed by atoms with E-state index in [4.69, 9.17) is 4.42 Å². The van der Waals surface area contributed by atoms with Crippen molar-refractivity contribution >= 4 is 23.6 Å². The zero-order valence-corrected chi connectivity index (χ0v) is 17.9. The van der Waals surface area contributed by atoms with E-state index in [1.54, 1.807) is 22.9 Å². The standard InChI is InChI=1S/C24H24N2O3S/c1-17-5-7-18(8-6-17)14-25(2)23(28)19-9-11-20(12-10-19)24-26(22(27)16-30-24)15-21-4-3-13-29-21/h3-13,24H,14-16H2,1-2H3/t24-/m0/s1. The van der Waals surface area contributed by atoms with E-state index in [1.165, 1.54) is 5.56 Å². The predicted octanol–water partition coefficient (Wildman–Crippen LogP) is 4.63. The first kappa shape index (κ1) is 20.3. The van der Waals surface area contributed by atoms with E-state index in [1.807, 2.05) is 67.4 Å². The summed E-state index contributed by atoms with van der Waals surface area (Å²) >= 11 is 1.60. The third-order valence-corrected chi connectivity index (χ3v) is 6.46. The Bertz CT molecular complexity index is 1010. The van der Waals surface area contributed by atoms with Crippen molar-refractivity contribution in [3.63, 3.8) is 0 Å². The topological polar surface area (TPSA) is 53.8 Å². The monoisotopic (exact) mass is 420 g/mol. The van der Waals surface area contributed by atoms with Gasteiger partial charge in [0.05, 0.1) is 18.6 Å². The van der Waals surface area contributed by atoms with Gasteiger partial charge in [-0.2, -0.15) is 0 Å². The minimum Gasteiger partial charge on any atom is -0.467 e. The van der Waals surface area contributed by atoms with Crippen molar-refractivity contribution < 1.29 is 14.0 Å². The lowest BCUT2D eigenvalue weighted by molar-refractivity contribution is -0.128. The van der Waals surface area contributed by atoms with Crippen LogP contribution in [-0.4, -0.2) is 34.4 Å². The third-order valence-electron chi connectivity index (χ3n) is 5.20. The number of nitrogens with zero attached hydrogens (tertiary/aromatic N) is 2. The molecule has 2 amide bonds. The Labute approximate surface area is 180 Å². The van der Waals surface area contributed by atoms with Crippen molar-refractivity contribution in [3.8, 4) is 0 Å². The van der Waals surface area contributed by atoms with Gasteiger partial charge in [0.2, 0.25) is 5.91 Å². The largest absolute Gasteiger partial charge is 0.467 e. The van der Waals surface area contributed by atoms with Crippen LogP contribution < -0.4 is 0 Å². The normalized spacial score (nSPS) is 16.1. The maximum atomic E-state index is 12.8. The van der Waals surface area contributed by atoms with Gasteiger partial charge in [-0.3, -0.25) is 9.59 Å². The third kappa shape index (κ3) is 4.44. The Hall–Kier alpha value is -2.99. The highest BCUT2D eigenvalue weighted by molar-refractivity contribution is 8.00. The number of amides is 2. The fourth-order valence-electron chi connectivity index (χ4n) is 3.52. The molecule has 6 heteroatoms. The maximum Gasteiger partial charge on any atom is 0.253 e. The SMILES string of the molecule is Cc1ccc(CN(C)C(=O)c2ccc([C@@H]3SCC(=O)N3Cc3ccco3)cc2)cc1. The molecule has 154 valence electrons. The zero-order valence-electron chi connectivity index (χ0n) is 17.1. The summed E-state index contributed by atoms with van der Waals surface area (Å²) in [6.07, 6.45) is 1.62.